The second kappa shape index (κ2) is 11.2. The largest absolute Gasteiger partial charge is 0.506 e. The number of hydrogen-bond acceptors (Lipinski definition) is 5. The minimum absolute atomic E-state index is 0.0137. The Kier molecular flexibility index (Phi) is 8.11. The molecule has 0 bridgehead atoms. The van der Waals surface area contributed by atoms with Gasteiger partial charge in [0.25, 0.3) is 15.9 Å². The van der Waals surface area contributed by atoms with Gasteiger partial charge in [-0.1, -0.05) is 62.2 Å². The Labute approximate surface area is 237 Å². The number of carbonyl (C=O) groups excluding carboxylic acids is 1. The smallest absolute Gasteiger partial charge is 0.261 e. The van der Waals surface area contributed by atoms with Crippen molar-refractivity contribution in [2.75, 3.05) is 10.0 Å². The summed E-state index contributed by atoms with van der Waals surface area (Å²) in [6.07, 6.45) is 0. The average molecular weight is 586 g/mol. The van der Waals surface area contributed by atoms with E-state index in [2.05, 4.69) is 10.0 Å². The Hall–Kier alpha value is -3.72. The van der Waals surface area contributed by atoms with E-state index in [0.29, 0.717) is 16.5 Å². The van der Waals surface area contributed by atoms with Crippen molar-refractivity contribution in [3.8, 4) is 17.2 Å². The van der Waals surface area contributed by atoms with Crippen molar-refractivity contribution >= 4 is 50.5 Å². The zero-order valence-electron chi connectivity index (χ0n) is 21.3. The summed E-state index contributed by atoms with van der Waals surface area (Å²) < 4.78 is 34.5. The molecule has 4 rings (SSSR count). The molecule has 0 saturated carbocycles. The molecule has 202 valence electrons. The summed E-state index contributed by atoms with van der Waals surface area (Å²) in [6, 6.07) is 21.8. The van der Waals surface area contributed by atoms with Gasteiger partial charge in [-0.05, 0) is 77.7 Å². The van der Waals surface area contributed by atoms with Crippen LogP contribution in [0.25, 0.3) is 0 Å². The number of carbonyl (C=O) groups is 1. The molecule has 4 aromatic carbocycles. The topological polar surface area (TPSA) is 105 Å². The first-order valence-electron chi connectivity index (χ1n) is 11.8. The molecule has 0 atom stereocenters. The van der Waals surface area contributed by atoms with Crippen LogP contribution in [0.5, 0.6) is 17.2 Å². The second-order valence-electron chi connectivity index (χ2n) is 9.74. The van der Waals surface area contributed by atoms with E-state index in [-0.39, 0.29) is 38.0 Å². The van der Waals surface area contributed by atoms with Gasteiger partial charge in [0, 0.05) is 5.02 Å². The van der Waals surface area contributed by atoms with Crippen LogP contribution in [-0.4, -0.2) is 19.4 Å². The van der Waals surface area contributed by atoms with Gasteiger partial charge in [-0.25, -0.2) is 8.42 Å². The third kappa shape index (κ3) is 6.84. The summed E-state index contributed by atoms with van der Waals surface area (Å²) in [4.78, 5) is 13.2. The molecular formula is C29H26Cl2N2O5S. The lowest BCUT2D eigenvalue weighted by Gasteiger charge is -2.20. The van der Waals surface area contributed by atoms with Crippen LogP contribution in [0.3, 0.4) is 0 Å². The molecule has 0 heterocycles. The van der Waals surface area contributed by atoms with Gasteiger partial charge in [0.2, 0.25) is 0 Å². The minimum Gasteiger partial charge on any atom is -0.506 e. The number of ether oxygens (including phenoxy) is 1. The maximum absolute atomic E-state index is 13.2. The van der Waals surface area contributed by atoms with Crippen molar-refractivity contribution in [3.63, 3.8) is 0 Å². The Morgan fingerprint density at radius 1 is 0.872 bits per heavy atom. The summed E-state index contributed by atoms with van der Waals surface area (Å²) in [7, 11) is -4.09. The second-order valence-corrected chi connectivity index (χ2v) is 12.3. The molecule has 0 unspecified atom stereocenters. The normalized spacial score (nSPS) is 11.6. The number of phenolic OH excluding ortho intramolecular Hbond substituents is 1. The van der Waals surface area contributed by atoms with Gasteiger partial charge >= 0.3 is 0 Å². The van der Waals surface area contributed by atoms with E-state index in [4.69, 9.17) is 27.9 Å². The molecule has 4 aromatic rings. The summed E-state index contributed by atoms with van der Waals surface area (Å²) in [5.41, 5.74) is 0.850. The summed E-state index contributed by atoms with van der Waals surface area (Å²) in [6.45, 7) is 6.01. The van der Waals surface area contributed by atoms with E-state index >= 15 is 0 Å². The maximum Gasteiger partial charge on any atom is 0.261 e. The molecule has 0 fully saturated rings. The highest BCUT2D eigenvalue weighted by Crippen LogP contribution is 2.33. The highest BCUT2D eigenvalue weighted by atomic mass is 35.5. The molecule has 0 aromatic heterocycles. The molecule has 10 heteroatoms. The van der Waals surface area contributed by atoms with Gasteiger partial charge in [-0.2, -0.15) is 0 Å². The highest BCUT2D eigenvalue weighted by molar-refractivity contribution is 7.92. The molecule has 0 saturated heterocycles. The molecule has 0 radical (unpaired) electrons. The lowest BCUT2D eigenvalue weighted by molar-refractivity contribution is 0.102. The van der Waals surface area contributed by atoms with Crippen LogP contribution in [0, 0.1) is 0 Å². The molecule has 0 spiro atoms. The van der Waals surface area contributed by atoms with Crippen LogP contribution in [-0.2, 0) is 15.4 Å². The Balaban J connectivity index is 1.57. The van der Waals surface area contributed by atoms with Gasteiger partial charge in [0.05, 0.1) is 26.9 Å². The van der Waals surface area contributed by atoms with Crippen LogP contribution in [0.2, 0.25) is 10.0 Å². The average Bonchev–Trinajstić information content (AvgIpc) is 2.87. The zero-order chi connectivity index (χ0) is 28.4. The van der Waals surface area contributed by atoms with Crippen LogP contribution in [0.15, 0.2) is 89.8 Å². The standard InChI is InChI=1S/C29H26Cl2N2O5S/c1-29(2,3)18-8-15-26(34)25(16-18)32-28(35)22-17-19(30)9-14-24(22)33-39(36,37)21-12-10-20(11-13-21)38-27-7-5-4-6-23(27)31/h4-17,33-34H,1-3H3,(H,32,35). The van der Waals surface area contributed by atoms with Crippen molar-refractivity contribution in [2.45, 2.75) is 31.1 Å². The lowest BCUT2D eigenvalue weighted by Crippen LogP contribution is -2.19. The SMILES string of the molecule is CC(C)(C)c1ccc(O)c(NC(=O)c2cc(Cl)ccc2NS(=O)(=O)c2ccc(Oc3ccccc3Cl)cc2)c1. The molecule has 39 heavy (non-hydrogen) atoms. The molecule has 0 aliphatic rings. The summed E-state index contributed by atoms with van der Waals surface area (Å²) in [5.74, 6) is 0.0503. The number of anilines is 2. The number of halogens is 2. The maximum atomic E-state index is 13.2. The Morgan fingerprint density at radius 2 is 1.56 bits per heavy atom. The zero-order valence-corrected chi connectivity index (χ0v) is 23.7. The molecule has 1 amide bonds. The van der Waals surface area contributed by atoms with E-state index in [9.17, 15) is 18.3 Å². The number of amides is 1. The fourth-order valence-corrected chi connectivity index (χ4v) is 5.06. The van der Waals surface area contributed by atoms with E-state index in [1.807, 2.05) is 20.8 Å². The van der Waals surface area contributed by atoms with Gasteiger partial charge in [0.1, 0.15) is 17.2 Å². The number of nitrogens with one attached hydrogen (secondary N) is 2. The third-order valence-electron chi connectivity index (χ3n) is 5.78. The first kappa shape index (κ1) is 28.3. The van der Waals surface area contributed by atoms with Crippen molar-refractivity contribution in [3.05, 3.63) is 106 Å². The first-order valence-corrected chi connectivity index (χ1v) is 14.1. The third-order valence-corrected chi connectivity index (χ3v) is 7.71. The quantitative estimate of drug-likeness (QED) is 0.192. The van der Waals surface area contributed by atoms with Crippen molar-refractivity contribution in [1.82, 2.24) is 0 Å². The lowest BCUT2D eigenvalue weighted by atomic mass is 9.87. The monoisotopic (exact) mass is 584 g/mol. The van der Waals surface area contributed by atoms with Crippen LogP contribution in [0.1, 0.15) is 36.7 Å². The van der Waals surface area contributed by atoms with Crippen LogP contribution in [0.4, 0.5) is 11.4 Å². The first-order chi connectivity index (χ1) is 18.3. The van der Waals surface area contributed by atoms with E-state index in [1.54, 1.807) is 36.4 Å². The van der Waals surface area contributed by atoms with Crippen molar-refractivity contribution in [2.24, 2.45) is 0 Å². The number of para-hydroxylation sites is 1. The molecule has 3 N–H and O–H groups in total. The predicted molar refractivity (Wildman–Crippen MR) is 155 cm³/mol. The van der Waals surface area contributed by atoms with E-state index in [0.717, 1.165) is 5.56 Å². The molecular weight excluding hydrogens is 559 g/mol. The number of hydrogen-bond donors (Lipinski definition) is 3. The van der Waals surface area contributed by atoms with Gasteiger partial charge < -0.3 is 15.2 Å². The fraction of sp³-hybridized carbons (Fsp3) is 0.138. The van der Waals surface area contributed by atoms with Crippen molar-refractivity contribution in [1.29, 1.82) is 0 Å². The number of aromatic hydroxyl groups is 1. The summed E-state index contributed by atoms with van der Waals surface area (Å²) in [5, 5.41) is 13.6. The number of rotatable bonds is 7. The Bertz CT molecular complexity index is 1630. The molecule has 7 nitrogen and oxygen atoms in total. The highest BCUT2D eigenvalue weighted by Gasteiger charge is 2.22. The van der Waals surface area contributed by atoms with Gasteiger partial charge in [0.15, 0.2) is 0 Å². The van der Waals surface area contributed by atoms with Crippen molar-refractivity contribution < 1.29 is 23.1 Å². The fourth-order valence-electron chi connectivity index (χ4n) is 3.63. The van der Waals surface area contributed by atoms with E-state index < -0.39 is 15.9 Å². The van der Waals surface area contributed by atoms with E-state index in [1.165, 1.54) is 48.5 Å². The molecule has 0 aliphatic heterocycles. The van der Waals surface area contributed by atoms with Crippen LogP contribution >= 0.6 is 23.2 Å². The van der Waals surface area contributed by atoms with Gasteiger partial charge in [-0.15, -0.1) is 0 Å². The number of phenols is 1. The Morgan fingerprint density at radius 3 is 2.23 bits per heavy atom. The van der Waals surface area contributed by atoms with Gasteiger partial charge in [-0.3, -0.25) is 9.52 Å². The number of benzene rings is 4. The predicted octanol–water partition coefficient (Wildman–Crippen LogP) is 7.84. The minimum atomic E-state index is -4.09. The number of sulfonamides is 1. The summed E-state index contributed by atoms with van der Waals surface area (Å²) >= 11 is 12.3. The van der Waals surface area contributed by atoms with Crippen LogP contribution < -0.4 is 14.8 Å². The molecule has 0 aliphatic carbocycles.